The van der Waals surface area contributed by atoms with Gasteiger partial charge >= 0.3 is 0 Å². The van der Waals surface area contributed by atoms with E-state index in [2.05, 4.69) is 17.0 Å². The molecule has 1 amide bonds. The zero-order valence-electron chi connectivity index (χ0n) is 17.8. The Morgan fingerprint density at radius 2 is 1.57 bits per heavy atom. The maximum Gasteiger partial charge on any atom is 0.253 e. The van der Waals surface area contributed by atoms with Crippen molar-refractivity contribution in [1.82, 2.24) is 9.21 Å². The summed E-state index contributed by atoms with van der Waals surface area (Å²) in [6, 6.07) is 16.6. The lowest BCUT2D eigenvalue weighted by molar-refractivity contribution is 0.0746. The van der Waals surface area contributed by atoms with Crippen LogP contribution in [0, 0.1) is 0 Å². The minimum atomic E-state index is -3.53. The van der Waals surface area contributed by atoms with E-state index in [1.54, 1.807) is 24.3 Å². The van der Waals surface area contributed by atoms with Crippen molar-refractivity contribution in [2.24, 2.45) is 0 Å². The van der Waals surface area contributed by atoms with Gasteiger partial charge in [0.2, 0.25) is 10.0 Å². The van der Waals surface area contributed by atoms with Gasteiger partial charge in [0.25, 0.3) is 5.91 Å². The highest BCUT2D eigenvalue weighted by atomic mass is 32.2. The van der Waals surface area contributed by atoms with Crippen LogP contribution >= 0.6 is 0 Å². The van der Waals surface area contributed by atoms with Gasteiger partial charge in [-0.2, -0.15) is 4.31 Å². The minimum Gasteiger partial charge on any atom is -0.368 e. The molecule has 0 bridgehead atoms. The summed E-state index contributed by atoms with van der Waals surface area (Å²) < 4.78 is 27.2. The number of rotatable bonds is 8. The summed E-state index contributed by atoms with van der Waals surface area (Å²) >= 11 is 0. The van der Waals surface area contributed by atoms with Crippen molar-refractivity contribution in [3.05, 3.63) is 60.2 Å². The molecular weight excluding hydrogens is 398 g/mol. The molecule has 0 aliphatic carbocycles. The quantitative estimate of drug-likeness (QED) is 0.645. The molecule has 6 nitrogen and oxygen atoms in total. The van der Waals surface area contributed by atoms with Gasteiger partial charge in [0, 0.05) is 50.5 Å². The molecule has 2 aromatic carbocycles. The third-order valence-corrected chi connectivity index (χ3v) is 7.53. The summed E-state index contributed by atoms with van der Waals surface area (Å²) in [5.74, 6) is -0.0509. The van der Waals surface area contributed by atoms with Crippen LogP contribution in [0.5, 0.6) is 0 Å². The maximum atomic E-state index is 12.9. The zero-order chi connectivity index (χ0) is 21.6. The maximum absolute atomic E-state index is 12.9. The number of piperazine rings is 1. The normalized spacial score (nSPS) is 14.9. The van der Waals surface area contributed by atoms with E-state index in [9.17, 15) is 13.2 Å². The molecule has 7 heteroatoms. The lowest BCUT2D eigenvalue weighted by Crippen LogP contribution is -2.48. The Kier molecular flexibility index (Phi) is 7.50. The van der Waals surface area contributed by atoms with Crippen LogP contribution in [0.4, 0.5) is 5.69 Å². The van der Waals surface area contributed by atoms with Crippen LogP contribution in [0.3, 0.4) is 0 Å². The molecule has 0 N–H and O–H groups in total. The second-order valence-electron chi connectivity index (χ2n) is 7.49. The first-order valence-electron chi connectivity index (χ1n) is 10.7. The summed E-state index contributed by atoms with van der Waals surface area (Å²) in [5.41, 5.74) is 1.70. The summed E-state index contributed by atoms with van der Waals surface area (Å²) in [5, 5.41) is 0. The number of unbranched alkanes of at least 4 members (excludes halogenated alkanes) is 1. The van der Waals surface area contributed by atoms with Crippen molar-refractivity contribution in [2.45, 2.75) is 31.6 Å². The summed E-state index contributed by atoms with van der Waals surface area (Å²) in [4.78, 5) is 17.2. The molecule has 0 radical (unpaired) electrons. The van der Waals surface area contributed by atoms with Gasteiger partial charge in [0.15, 0.2) is 0 Å². The van der Waals surface area contributed by atoms with Gasteiger partial charge in [-0.25, -0.2) is 8.42 Å². The number of carbonyl (C=O) groups excluding carboxylic acids is 1. The molecule has 0 unspecified atom stereocenters. The number of nitrogens with zero attached hydrogens (tertiary/aromatic N) is 3. The van der Waals surface area contributed by atoms with Crippen molar-refractivity contribution >= 4 is 21.6 Å². The van der Waals surface area contributed by atoms with E-state index in [-0.39, 0.29) is 10.8 Å². The highest BCUT2D eigenvalue weighted by Crippen LogP contribution is 2.20. The van der Waals surface area contributed by atoms with Gasteiger partial charge in [0.1, 0.15) is 0 Å². The van der Waals surface area contributed by atoms with Crippen LogP contribution in [-0.4, -0.2) is 62.8 Å². The van der Waals surface area contributed by atoms with Crippen molar-refractivity contribution in [3.63, 3.8) is 0 Å². The molecule has 1 aliphatic heterocycles. The van der Waals surface area contributed by atoms with Crippen LogP contribution in [0.1, 0.15) is 37.0 Å². The number of anilines is 1. The average Bonchev–Trinajstić information content (AvgIpc) is 2.80. The Labute approximate surface area is 180 Å². The fraction of sp³-hybridized carbons (Fsp3) is 0.435. The fourth-order valence-electron chi connectivity index (χ4n) is 3.69. The van der Waals surface area contributed by atoms with Crippen molar-refractivity contribution in [1.29, 1.82) is 0 Å². The lowest BCUT2D eigenvalue weighted by atomic mass is 10.1. The van der Waals surface area contributed by atoms with Crippen LogP contribution in [-0.2, 0) is 10.0 Å². The van der Waals surface area contributed by atoms with Gasteiger partial charge in [-0.1, -0.05) is 38.5 Å². The van der Waals surface area contributed by atoms with Gasteiger partial charge in [0.05, 0.1) is 4.90 Å². The first kappa shape index (κ1) is 22.3. The van der Waals surface area contributed by atoms with Gasteiger partial charge in [-0.05, 0) is 42.8 Å². The number of amides is 1. The molecule has 1 saturated heterocycles. The van der Waals surface area contributed by atoms with E-state index >= 15 is 0 Å². The first-order chi connectivity index (χ1) is 14.5. The predicted octanol–water partition coefficient (Wildman–Crippen LogP) is 3.46. The lowest BCUT2D eigenvalue weighted by Gasteiger charge is -2.36. The Bertz CT molecular complexity index is 922. The van der Waals surface area contributed by atoms with E-state index in [0.717, 1.165) is 25.9 Å². The Morgan fingerprint density at radius 1 is 0.933 bits per heavy atom. The molecular formula is C23H31N3O3S. The average molecular weight is 430 g/mol. The number of hydrogen-bond donors (Lipinski definition) is 0. The standard InChI is InChI=1S/C23H31N3O3S/c1-3-5-15-26(4-2)30(28,29)22-13-11-20(12-14-22)23(27)25-18-16-24(17-19-25)21-9-7-6-8-10-21/h6-14H,3-5,15-19H2,1-2H3. The predicted molar refractivity (Wildman–Crippen MR) is 120 cm³/mol. The van der Waals surface area contributed by atoms with Crippen LogP contribution in [0.25, 0.3) is 0 Å². The van der Waals surface area contributed by atoms with Crippen LogP contribution < -0.4 is 4.90 Å². The Hall–Kier alpha value is -2.38. The monoisotopic (exact) mass is 429 g/mol. The number of sulfonamides is 1. The summed E-state index contributed by atoms with van der Waals surface area (Å²) in [6.45, 7) is 7.70. The summed E-state index contributed by atoms with van der Waals surface area (Å²) in [6.07, 6.45) is 1.77. The van der Waals surface area contributed by atoms with Gasteiger partial charge < -0.3 is 9.80 Å². The largest absolute Gasteiger partial charge is 0.368 e. The van der Waals surface area contributed by atoms with Gasteiger partial charge in [-0.15, -0.1) is 0 Å². The van der Waals surface area contributed by atoms with E-state index in [0.29, 0.717) is 31.7 Å². The molecule has 3 rings (SSSR count). The number of para-hydroxylation sites is 1. The SMILES string of the molecule is CCCCN(CC)S(=O)(=O)c1ccc(C(=O)N2CCN(c3ccccc3)CC2)cc1. The van der Waals surface area contributed by atoms with Crippen LogP contribution in [0.2, 0.25) is 0 Å². The van der Waals surface area contributed by atoms with E-state index in [4.69, 9.17) is 0 Å². The second-order valence-corrected chi connectivity index (χ2v) is 9.43. The molecule has 0 atom stereocenters. The molecule has 1 aliphatic rings. The molecule has 30 heavy (non-hydrogen) atoms. The molecule has 2 aromatic rings. The van der Waals surface area contributed by atoms with Crippen molar-refractivity contribution in [2.75, 3.05) is 44.2 Å². The third-order valence-electron chi connectivity index (χ3n) is 5.54. The molecule has 0 saturated carbocycles. The smallest absolute Gasteiger partial charge is 0.253 e. The van der Waals surface area contributed by atoms with Crippen molar-refractivity contribution in [3.8, 4) is 0 Å². The summed E-state index contributed by atoms with van der Waals surface area (Å²) in [7, 11) is -3.53. The molecule has 162 valence electrons. The molecule has 0 spiro atoms. The highest BCUT2D eigenvalue weighted by Gasteiger charge is 2.25. The number of carbonyl (C=O) groups is 1. The van der Waals surface area contributed by atoms with E-state index < -0.39 is 10.0 Å². The van der Waals surface area contributed by atoms with E-state index in [1.807, 2.05) is 36.9 Å². The fourth-order valence-corrected chi connectivity index (χ4v) is 5.18. The topological polar surface area (TPSA) is 60.9 Å². The Morgan fingerprint density at radius 3 is 2.13 bits per heavy atom. The molecule has 1 heterocycles. The molecule has 1 fully saturated rings. The molecule has 0 aromatic heterocycles. The van der Waals surface area contributed by atoms with Crippen LogP contribution in [0.15, 0.2) is 59.5 Å². The first-order valence-corrected chi connectivity index (χ1v) is 12.1. The highest BCUT2D eigenvalue weighted by molar-refractivity contribution is 7.89. The second kappa shape index (κ2) is 10.1. The third kappa shape index (κ3) is 5.02. The van der Waals surface area contributed by atoms with Crippen molar-refractivity contribution < 1.29 is 13.2 Å². The number of hydrogen-bond acceptors (Lipinski definition) is 4. The van der Waals surface area contributed by atoms with Gasteiger partial charge in [-0.3, -0.25) is 4.79 Å². The Balaban J connectivity index is 1.64. The van der Waals surface area contributed by atoms with E-state index in [1.165, 1.54) is 9.99 Å². The number of benzene rings is 2. The zero-order valence-corrected chi connectivity index (χ0v) is 18.6. The minimum absolute atomic E-state index is 0.0509.